The average Bonchev–Trinajstić information content (AvgIpc) is 2.78. The van der Waals surface area contributed by atoms with E-state index in [0.717, 1.165) is 25.1 Å². The van der Waals surface area contributed by atoms with Crippen molar-refractivity contribution in [1.29, 1.82) is 0 Å². The third-order valence-electron chi connectivity index (χ3n) is 5.05. The minimum absolute atomic E-state index is 0.129. The van der Waals surface area contributed by atoms with E-state index in [1.54, 1.807) is 19.2 Å². The van der Waals surface area contributed by atoms with Gasteiger partial charge < -0.3 is 24.4 Å². The Hall–Kier alpha value is -3.25. The van der Waals surface area contributed by atoms with E-state index in [1.165, 1.54) is 10.5 Å². The number of anilines is 1. The molecule has 3 rings (SSSR count). The highest BCUT2D eigenvalue weighted by atomic mass is 16.5. The predicted octanol–water partition coefficient (Wildman–Crippen LogP) is 2.97. The normalized spacial score (nSPS) is 16.0. The summed E-state index contributed by atoms with van der Waals surface area (Å²) in [6, 6.07) is 13.0. The highest BCUT2D eigenvalue weighted by molar-refractivity contribution is 5.93. The van der Waals surface area contributed by atoms with Gasteiger partial charge in [0.1, 0.15) is 5.75 Å². The maximum atomic E-state index is 12.3. The molecule has 1 amide bonds. The molecule has 0 saturated carbocycles. The molecule has 0 spiro atoms. The first-order valence-corrected chi connectivity index (χ1v) is 10.6. The molecular formula is C25H31N2O4+. The van der Waals surface area contributed by atoms with Crippen molar-refractivity contribution in [3.8, 4) is 17.2 Å². The second kappa shape index (κ2) is 11.2. The maximum absolute atomic E-state index is 12.3. The first kappa shape index (κ1) is 22.4. The Balaban J connectivity index is 1.63. The molecule has 0 saturated heterocycles. The first-order chi connectivity index (χ1) is 15.1. The Labute approximate surface area is 184 Å². The fourth-order valence-corrected chi connectivity index (χ4v) is 3.32. The van der Waals surface area contributed by atoms with Gasteiger partial charge in [0.05, 0.1) is 39.5 Å². The third-order valence-corrected chi connectivity index (χ3v) is 5.05. The van der Waals surface area contributed by atoms with Crippen LogP contribution in [-0.4, -0.2) is 46.4 Å². The SMILES string of the molecule is CCOc1cc(/C=C/C2=CC[NH+](C)CC2)ccc1OCC(=O)Nc1ccccc1OC. The van der Waals surface area contributed by atoms with Crippen LogP contribution in [-0.2, 0) is 4.79 Å². The molecule has 0 aromatic heterocycles. The molecule has 0 aliphatic carbocycles. The molecular weight excluding hydrogens is 392 g/mol. The van der Waals surface area contributed by atoms with E-state index >= 15 is 0 Å². The van der Waals surface area contributed by atoms with Gasteiger partial charge >= 0.3 is 0 Å². The molecule has 6 nitrogen and oxygen atoms in total. The van der Waals surface area contributed by atoms with Gasteiger partial charge in [-0.1, -0.05) is 30.4 Å². The smallest absolute Gasteiger partial charge is 0.262 e. The second-order valence-electron chi connectivity index (χ2n) is 7.45. The van der Waals surface area contributed by atoms with E-state index < -0.39 is 0 Å². The number of likely N-dealkylation sites (N-methyl/N-ethyl adjacent to an activating group) is 1. The van der Waals surface area contributed by atoms with Crippen LogP contribution in [0.5, 0.6) is 17.2 Å². The lowest BCUT2D eigenvalue weighted by Crippen LogP contribution is -3.09. The van der Waals surface area contributed by atoms with Gasteiger partial charge in [-0.3, -0.25) is 4.79 Å². The monoisotopic (exact) mass is 423 g/mol. The van der Waals surface area contributed by atoms with E-state index in [4.69, 9.17) is 14.2 Å². The Morgan fingerprint density at radius 2 is 1.94 bits per heavy atom. The zero-order chi connectivity index (χ0) is 22.1. The van der Waals surface area contributed by atoms with Crippen LogP contribution >= 0.6 is 0 Å². The van der Waals surface area contributed by atoms with Crippen molar-refractivity contribution < 1.29 is 23.9 Å². The molecule has 1 aliphatic rings. The number of quaternary nitrogens is 1. The topological polar surface area (TPSA) is 61.2 Å². The van der Waals surface area contributed by atoms with Gasteiger partial charge in [0.2, 0.25) is 0 Å². The summed E-state index contributed by atoms with van der Waals surface area (Å²) < 4.78 is 16.7. The fraction of sp³-hybridized carbons (Fsp3) is 0.320. The Morgan fingerprint density at radius 3 is 2.68 bits per heavy atom. The van der Waals surface area contributed by atoms with Gasteiger partial charge in [0.15, 0.2) is 18.1 Å². The second-order valence-corrected chi connectivity index (χ2v) is 7.45. The summed E-state index contributed by atoms with van der Waals surface area (Å²) in [6.07, 6.45) is 7.63. The van der Waals surface area contributed by atoms with Gasteiger partial charge in [-0.25, -0.2) is 0 Å². The molecule has 2 aromatic carbocycles. The lowest BCUT2D eigenvalue weighted by Gasteiger charge is -2.17. The predicted molar refractivity (Wildman–Crippen MR) is 123 cm³/mol. The lowest BCUT2D eigenvalue weighted by atomic mass is 10.1. The van der Waals surface area contributed by atoms with Gasteiger partial charge in [-0.2, -0.15) is 0 Å². The number of rotatable bonds is 9. The molecule has 1 unspecified atom stereocenters. The molecule has 1 aliphatic heterocycles. The summed E-state index contributed by atoms with van der Waals surface area (Å²) in [5.41, 5.74) is 2.99. The van der Waals surface area contributed by atoms with Crippen LogP contribution in [0.4, 0.5) is 5.69 Å². The molecule has 2 N–H and O–H groups in total. The Morgan fingerprint density at radius 1 is 1.10 bits per heavy atom. The van der Waals surface area contributed by atoms with E-state index in [1.807, 2.05) is 37.3 Å². The van der Waals surface area contributed by atoms with Crippen molar-refractivity contribution in [2.75, 3.05) is 45.8 Å². The first-order valence-electron chi connectivity index (χ1n) is 10.6. The average molecular weight is 424 g/mol. The number of hydrogen-bond donors (Lipinski definition) is 2. The highest BCUT2D eigenvalue weighted by Crippen LogP contribution is 2.29. The number of hydrogen-bond acceptors (Lipinski definition) is 4. The summed E-state index contributed by atoms with van der Waals surface area (Å²) in [6.45, 7) is 4.53. The standard InChI is InChI=1S/C25H30N2O4/c1-4-30-24-17-20(10-9-19-13-15-27(2)16-14-19)11-12-23(24)31-18-25(28)26-21-7-5-6-8-22(21)29-3/h5-13,17H,4,14-16,18H2,1-3H3,(H,26,28)/p+1/b10-9+. The zero-order valence-electron chi connectivity index (χ0n) is 18.4. The van der Waals surface area contributed by atoms with Gasteiger partial charge in [-0.05, 0) is 48.4 Å². The lowest BCUT2D eigenvalue weighted by molar-refractivity contribution is -0.874. The largest absolute Gasteiger partial charge is 0.495 e. The Bertz CT molecular complexity index is 952. The van der Waals surface area contributed by atoms with Crippen LogP contribution < -0.4 is 24.4 Å². The molecule has 164 valence electrons. The van der Waals surface area contributed by atoms with Crippen LogP contribution in [0.1, 0.15) is 18.9 Å². The summed E-state index contributed by atoms with van der Waals surface area (Å²) in [7, 11) is 3.77. The molecule has 0 bridgehead atoms. The molecule has 2 aromatic rings. The Kier molecular flexibility index (Phi) is 8.12. The number of nitrogens with one attached hydrogen (secondary N) is 2. The molecule has 0 radical (unpaired) electrons. The van der Waals surface area contributed by atoms with Gasteiger partial charge in [0, 0.05) is 6.42 Å². The van der Waals surface area contributed by atoms with Crippen molar-refractivity contribution in [3.63, 3.8) is 0 Å². The molecule has 31 heavy (non-hydrogen) atoms. The minimum atomic E-state index is -0.271. The number of ether oxygens (including phenoxy) is 3. The van der Waals surface area contributed by atoms with E-state index in [-0.39, 0.29) is 12.5 Å². The van der Waals surface area contributed by atoms with Crippen molar-refractivity contribution in [3.05, 3.63) is 65.8 Å². The highest BCUT2D eigenvalue weighted by Gasteiger charge is 2.12. The number of carbonyl (C=O) groups excluding carboxylic acids is 1. The number of allylic oxidation sites excluding steroid dienone is 1. The zero-order valence-corrected chi connectivity index (χ0v) is 18.4. The van der Waals surface area contributed by atoms with E-state index in [9.17, 15) is 4.79 Å². The van der Waals surface area contributed by atoms with E-state index in [2.05, 4.69) is 30.6 Å². The van der Waals surface area contributed by atoms with Crippen molar-refractivity contribution in [2.24, 2.45) is 0 Å². The maximum Gasteiger partial charge on any atom is 0.262 e. The number of benzene rings is 2. The van der Waals surface area contributed by atoms with E-state index in [0.29, 0.717) is 29.5 Å². The van der Waals surface area contributed by atoms with Gasteiger partial charge in [0.25, 0.3) is 5.91 Å². The van der Waals surface area contributed by atoms with Crippen LogP contribution in [0.25, 0.3) is 6.08 Å². The number of methoxy groups -OCH3 is 1. The van der Waals surface area contributed by atoms with Crippen LogP contribution in [0.3, 0.4) is 0 Å². The minimum Gasteiger partial charge on any atom is -0.495 e. The van der Waals surface area contributed by atoms with Crippen molar-refractivity contribution in [2.45, 2.75) is 13.3 Å². The number of amides is 1. The fourth-order valence-electron chi connectivity index (χ4n) is 3.32. The molecule has 6 heteroatoms. The number of para-hydroxylation sites is 2. The van der Waals surface area contributed by atoms with Crippen molar-refractivity contribution >= 4 is 17.7 Å². The summed E-state index contributed by atoms with van der Waals surface area (Å²) in [4.78, 5) is 13.9. The quantitative estimate of drug-likeness (QED) is 0.651. The van der Waals surface area contributed by atoms with Crippen molar-refractivity contribution in [1.82, 2.24) is 0 Å². The molecule has 1 heterocycles. The molecule has 0 fully saturated rings. The summed E-state index contributed by atoms with van der Waals surface area (Å²) in [5.74, 6) is 1.49. The van der Waals surface area contributed by atoms with Crippen LogP contribution in [0.15, 0.2) is 60.2 Å². The molecule has 1 atom stereocenters. The third kappa shape index (κ3) is 6.62. The summed E-state index contributed by atoms with van der Waals surface area (Å²) in [5, 5.41) is 2.81. The van der Waals surface area contributed by atoms with Crippen LogP contribution in [0, 0.1) is 0 Å². The number of carbonyl (C=O) groups is 1. The summed E-state index contributed by atoms with van der Waals surface area (Å²) >= 11 is 0. The van der Waals surface area contributed by atoms with Gasteiger partial charge in [-0.15, -0.1) is 0 Å². The van der Waals surface area contributed by atoms with Crippen LogP contribution in [0.2, 0.25) is 0 Å².